The van der Waals surface area contributed by atoms with Gasteiger partial charge in [-0.2, -0.15) is 0 Å². The lowest BCUT2D eigenvalue weighted by Gasteiger charge is -2.28. The second kappa shape index (κ2) is 8.15. The number of benzene rings is 1. The maximum Gasteiger partial charge on any atom is 0.309 e. The minimum absolute atomic E-state index is 0.250. The van der Waals surface area contributed by atoms with Crippen molar-refractivity contribution in [3.63, 3.8) is 0 Å². The second-order valence-corrected chi connectivity index (χ2v) is 6.14. The van der Waals surface area contributed by atoms with Gasteiger partial charge in [-0.1, -0.05) is 29.8 Å². The van der Waals surface area contributed by atoms with Crippen LogP contribution in [0.15, 0.2) is 24.3 Å². The van der Waals surface area contributed by atoms with Gasteiger partial charge in [0, 0.05) is 18.1 Å². The van der Waals surface area contributed by atoms with Gasteiger partial charge < -0.3 is 15.5 Å². The normalized spacial score (nSPS) is 16.3. The van der Waals surface area contributed by atoms with Crippen LogP contribution in [0, 0.1) is 5.92 Å². The number of halogens is 1. The van der Waals surface area contributed by atoms with E-state index in [-0.39, 0.29) is 6.54 Å². The summed E-state index contributed by atoms with van der Waals surface area (Å²) in [5.41, 5.74) is 0.792. The van der Waals surface area contributed by atoms with Gasteiger partial charge in [-0.05, 0) is 50.5 Å². The van der Waals surface area contributed by atoms with Crippen molar-refractivity contribution in [3.8, 4) is 0 Å². The number of likely N-dealkylation sites (tertiary alicyclic amines) is 1. The minimum atomic E-state index is -0.618. The summed E-state index contributed by atoms with van der Waals surface area (Å²) in [7, 11) is 2.09. The average molecular weight is 324 g/mol. The molecule has 120 valence electrons. The van der Waals surface area contributed by atoms with E-state index in [4.69, 9.17) is 11.6 Å². The molecule has 0 unspecified atom stereocenters. The van der Waals surface area contributed by atoms with E-state index >= 15 is 0 Å². The first kappa shape index (κ1) is 16.8. The molecule has 6 heteroatoms. The zero-order valence-corrected chi connectivity index (χ0v) is 13.5. The second-order valence-electron chi connectivity index (χ2n) is 5.73. The summed E-state index contributed by atoms with van der Waals surface area (Å²) in [6.07, 6.45) is 2.11. The standard InChI is InChI=1S/C16H22ClN3O2/c1-20-8-6-12(7-9-20)10-18-15(21)16(22)19-11-13-4-2-3-5-14(13)17/h2-5,12H,6-11H2,1H3,(H,18,21)(H,19,22). The van der Waals surface area contributed by atoms with Crippen LogP contribution >= 0.6 is 11.6 Å². The van der Waals surface area contributed by atoms with Gasteiger partial charge in [-0.3, -0.25) is 9.59 Å². The van der Waals surface area contributed by atoms with Gasteiger partial charge in [0.25, 0.3) is 0 Å². The molecule has 1 saturated heterocycles. The Kier molecular flexibility index (Phi) is 6.21. The number of amides is 2. The first-order valence-corrected chi connectivity index (χ1v) is 7.92. The molecule has 0 atom stereocenters. The molecule has 1 aromatic carbocycles. The van der Waals surface area contributed by atoms with E-state index in [0.29, 0.717) is 17.5 Å². The van der Waals surface area contributed by atoms with E-state index in [1.54, 1.807) is 6.07 Å². The van der Waals surface area contributed by atoms with E-state index in [9.17, 15) is 9.59 Å². The van der Waals surface area contributed by atoms with Crippen molar-refractivity contribution in [1.29, 1.82) is 0 Å². The third-order valence-corrected chi connectivity index (χ3v) is 4.36. The minimum Gasteiger partial charge on any atom is -0.348 e. The molecule has 1 aromatic rings. The lowest BCUT2D eigenvalue weighted by atomic mass is 9.97. The van der Waals surface area contributed by atoms with Crippen molar-refractivity contribution in [3.05, 3.63) is 34.9 Å². The van der Waals surface area contributed by atoms with E-state index < -0.39 is 11.8 Å². The Morgan fingerprint density at radius 3 is 2.50 bits per heavy atom. The summed E-state index contributed by atoms with van der Waals surface area (Å²) in [4.78, 5) is 25.8. The fraction of sp³-hybridized carbons (Fsp3) is 0.500. The van der Waals surface area contributed by atoms with Crippen molar-refractivity contribution < 1.29 is 9.59 Å². The molecule has 0 saturated carbocycles. The predicted octanol–water partition coefficient (Wildman–Crippen LogP) is 1.41. The van der Waals surface area contributed by atoms with Crippen LogP contribution < -0.4 is 10.6 Å². The Bertz CT molecular complexity index is 528. The number of nitrogens with zero attached hydrogens (tertiary/aromatic N) is 1. The SMILES string of the molecule is CN1CCC(CNC(=O)C(=O)NCc2ccccc2Cl)CC1. The van der Waals surface area contributed by atoms with Crippen LogP contribution in [0.2, 0.25) is 5.02 Å². The maximum atomic E-state index is 11.8. The summed E-state index contributed by atoms with van der Waals surface area (Å²) >= 11 is 6.01. The topological polar surface area (TPSA) is 61.4 Å². The Morgan fingerprint density at radius 1 is 1.18 bits per heavy atom. The Balaban J connectivity index is 1.71. The van der Waals surface area contributed by atoms with Gasteiger partial charge >= 0.3 is 11.8 Å². The highest BCUT2D eigenvalue weighted by atomic mass is 35.5. The third-order valence-electron chi connectivity index (χ3n) is 3.99. The number of carbonyl (C=O) groups excluding carboxylic acids is 2. The summed E-state index contributed by atoms with van der Waals surface area (Å²) in [5, 5.41) is 5.88. The molecule has 0 aliphatic carbocycles. The molecule has 2 rings (SSSR count). The molecular weight excluding hydrogens is 302 g/mol. The first-order valence-electron chi connectivity index (χ1n) is 7.54. The zero-order valence-electron chi connectivity index (χ0n) is 12.8. The highest BCUT2D eigenvalue weighted by Crippen LogP contribution is 2.15. The highest BCUT2D eigenvalue weighted by molar-refractivity contribution is 6.35. The molecule has 0 aromatic heterocycles. The van der Waals surface area contributed by atoms with Crippen molar-refractivity contribution >= 4 is 23.4 Å². The number of carbonyl (C=O) groups is 2. The number of hydrogen-bond donors (Lipinski definition) is 2. The number of rotatable bonds is 4. The van der Waals surface area contributed by atoms with Crippen molar-refractivity contribution in [2.24, 2.45) is 5.92 Å². The van der Waals surface area contributed by atoms with Crippen LogP contribution in [-0.2, 0) is 16.1 Å². The predicted molar refractivity (Wildman–Crippen MR) is 86.5 cm³/mol. The van der Waals surface area contributed by atoms with Crippen LogP contribution in [-0.4, -0.2) is 43.4 Å². The Labute approximate surface area is 136 Å². The van der Waals surface area contributed by atoms with Gasteiger partial charge in [0.2, 0.25) is 0 Å². The average Bonchev–Trinajstić information content (AvgIpc) is 2.53. The molecule has 5 nitrogen and oxygen atoms in total. The smallest absolute Gasteiger partial charge is 0.309 e. The molecule has 1 fully saturated rings. The van der Waals surface area contributed by atoms with Crippen molar-refractivity contribution in [1.82, 2.24) is 15.5 Å². The van der Waals surface area contributed by atoms with Crippen LogP contribution in [0.4, 0.5) is 0 Å². The van der Waals surface area contributed by atoms with Gasteiger partial charge in [0.15, 0.2) is 0 Å². The molecule has 0 bridgehead atoms. The lowest BCUT2D eigenvalue weighted by Crippen LogP contribution is -2.43. The monoisotopic (exact) mass is 323 g/mol. The van der Waals surface area contributed by atoms with Gasteiger partial charge in [-0.15, -0.1) is 0 Å². The van der Waals surface area contributed by atoms with Crippen LogP contribution in [0.1, 0.15) is 18.4 Å². The van der Waals surface area contributed by atoms with Crippen LogP contribution in [0.25, 0.3) is 0 Å². The Hall–Kier alpha value is -1.59. The molecule has 2 N–H and O–H groups in total. The summed E-state index contributed by atoms with van der Waals surface area (Å²) < 4.78 is 0. The number of hydrogen-bond acceptors (Lipinski definition) is 3. The maximum absolute atomic E-state index is 11.8. The van der Waals surface area contributed by atoms with Crippen molar-refractivity contribution in [2.45, 2.75) is 19.4 Å². The van der Waals surface area contributed by atoms with Gasteiger partial charge in [0.1, 0.15) is 0 Å². The molecule has 0 radical (unpaired) electrons. The molecule has 0 spiro atoms. The fourth-order valence-electron chi connectivity index (χ4n) is 2.48. The molecule has 2 amide bonds. The molecule has 1 aliphatic heterocycles. The van der Waals surface area contributed by atoms with E-state index in [2.05, 4.69) is 22.6 Å². The Morgan fingerprint density at radius 2 is 1.82 bits per heavy atom. The van der Waals surface area contributed by atoms with E-state index in [0.717, 1.165) is 31.5 Å². The molecule has 22 heavy (non-hydrogen) atoms. The lowest BCUT2D eigenvalue weighted by molar-refractivity contribution is -0.139. The van der Waals surface area contributed by atoms with E-state index in [1.807, 2.05) is 18.2 Å². The number of piperidine rings is 1. The molecular formula is C16H22ClN3O2. The highest BCUT2D eigenvalue weighted by Gasteiger charge is 2.19. The van der Waals surface area contributed by atoms with Gasteiger partial charge in [-0.25, -0.2) is 0 Å². The summed E-state index contributed by atoms with van der Waals surface area (Å²) in [6.45, 7) is 2.89. The summed E-state index contributed by atoms with van der Waals surface area (Å²) in [5.74, 6) is -0.740. The quantitative estimate of drug-likeness (QED) is 0.824. The number of nitrogens with one attached hydrogen (secondary N) is 2. The third kappa shape index (κ3) is 5.00. The fourth-order valence-corrected chi connectivity index (χ4v) is 2.68. The van der Waals surface area contributed by atoms with Gasteiger partial charge in [0.05, 0.1) is 0 Å². The van der Waals surface area contributed by atoms with Crippen molar-refractivity contribution in [2.75, 3.05) is 26.7 Å². The first-order chi connectivity index (χ1) is 10.6. The summed E-state index contributed by atoms with van der Waals surface area (Å²) in [6, 6.07) is 7.23. The zero-order chi connectivity index (χ0) is 15.9. The largest absolute Gasteiger partial charge is 0.348 e. The molecule has 1 aliphatic rings. The van der Waals surface area contributed by atoms with E-state index in [1.165, 1.54) is 0 Å². The molecule has 1 heterocycles. The van der Waals surface area contributed by atoms with Crippen LogP contribution in [0.5, 0.6) is 0 Å². The van der Waals surface area contributed by atoms with Crippen LogP contribution in [0.3, 0.4) is 0 Å².